The Bertz CT molecular complexity index is 998. The highest BCUT2D eigenvalue weighted by molar-refractivity contribution is 7.99. The van der Waals surface area contributed by atoms with E-state index in [1.165, 1.54) is 16.7 Å². The summed E-state index contributed by atoms with van der Waals surface area (Å²) in [5, 5.41) is 5.79. The van der Waals surface area contributed by atoms with Gasteiger partial charge in [-0.3, -0.25) is 9.59 Å². The Morgan fingerprint density at radius 2 is 1.50 bits per heavy atom. The van der Waals surface area contributed by atoms with Crippen molar-refractivity contribution in [3.63, 3.8) is 0 Å². The molecule has 0 radical (unpaired) electrons. The number of anilines is 1. The average molecular weight is 419 g/mol. The minimum absolute atomic E-state index is 0.118. The third kappa shape index (κ3) is 6.49. The number of para-hydroxylation sites is 1. The lowest BCUT2D eigenvalue weighted by atomic mass is 10.1. The van der Waals surface area contributed by atoms with Crippen LogP contribution in [0.25, 0.3) is 0 Å². The van der Waals surface area contributed by atoms with E-state index in [0.29, 0.717) is 23.5 Å². The van der Waals surface area contributed by atoms with Gasteiger partial charge in [-0.05, 0) is 37.1 Å². The molecule has 5 heteroatoms. The van der Waals surface area contributed by atoms with Crippen LogP contribution in [0.4, 0.5) is 5.69 Å². The number of carbonyl (C=O) groups excluding carboxylic acids is 2. The number of thioether (sulfide) groups is 1. The molecule has 0 atom stereocenters. The Balaban J connectivity index is 1.54. The van der Waals surface area contributed by atoms with Gasteiger partial charge in [0.1, 0.15) is 0 Å². The maximum atomic E-state index is 12.6. The monoisotopic (exact) mass is 418 g/mol. The van der Waals surface area contributed by atoms with Crippen molar-refractivity contribution in [2.75, 3.05) is 11.1 Å². The summed E-state index contributed by atoms with van der Waals surface area (Å²) in [6.45, 7) is 4.59. The van der Waals surface area contributed by atoms with E-state index >= 15 is 0 Å². The number of hydrogen-bond donors (Lipinski definition) is 2. The molecule has 2 N–H and O–H groups in total. The van der Waals surface area contributed by atoms with Crippen LogP contribution in [-0.4, -0.2) is 17.6 Å². The molecular formula is C25H26N2O2S. The first-order valence-electron chi connectivity index (χ1n) is 9.87. The zero-order chi connectivity index (χ0) is 21.3. The minimum atomic E-state index is -0.211. The first-order valence-corrected chi connectivity index (χ1v) is 11.0. The molecule has 0 aromatic heterocycles. The summed E-state index contributed by atoms with van der Waals surface area (Å²) in [6, 6.07) is 23.2. The molecule has 0 unspecified atom stereocenters. The van der Waals surface area contributed by atoms with Crippen LogP contribution in [0.1, 0.15) is 32.6 Å². The number of aryl methyl sites for hydroxylation is 2. The van der Waals surface area contributed by atoms with Crippen LogP contribution in [0.15, 0.2) is 72.8 Å². The SMILES string of the molecule is Cc1cc(C)cc(CSCC(=O)Nc2ccccc2C(=O)NCc2ccccc2)c1. The fourth-order valence-electron chi connectivity index (χ4n) is 3.26. The van der Waals surface area contributed by atoms with E-state index in [2.05, 4.69) is 42.7 Å². The lowest BCUT2D eigenvalue weighted by Gasteiger charge is -2.12. The van der Waals surface area contributed by atoms with Gasteiger partial charge in [0.05, 0.1) is 17.0 Å². The second-order valence-corrected chi connectivity index (χ2v) is 8.24. The molecule has 2 amide bonds. The molecule has 0 spiro atoms. The summed E-state index contributed by atoms with van der Waals surface area (Å²) >= 11 is 1.56. The van der Waals surface area contributed by atoms with E-state index in [1.54, 1.807) is 30.0 Å². The van der Waals surface area contributed by atoms with E-state index in [4.69, 9.17) is 0 Å². The lowest BCUT2D eigenvalue weighted by molar-refractivity contribution is -0.113. The van der Waals surface area contributed by atoms with Gasteiger partial charge in [-0.2, -0.15) is 0 Å². The molecule has 3 rings (SSSR count). The molecule has 4 nitrogen and oxygen atoms in total. The van der Waals surface area contributed by atoms with Gasteiger partial charge in [-0.25, -0.2) is 0 Å². The Kier molecular flexibility index (Phi) is 7.69. The zero-order valence-corrected chi connectivity index (χ0v) is 18.1. The van der Waals surface area contributed by atoms with Gasteiger partial charge in [0, 0.05) is 12.3 Å². The van der Waals surface area contributed by atoms with Gasteiger partial charge in [-0.15, -0.1) is 11.8 Å². The maximum Gasteiger partial charge on any atom is 0.253 e. The van der Waals surface area contributed by atoms with Crippen molar-refractivity contribution in [3.05, 3.63) is 101 Å². The Hall–Kier alpha value is -3.05. The van der Waals surface area contributed by atoms with E-state index in [-0.39, 0.29) is 11.8 Å². The molecule has 0 bridgehead atoms. The van der Waals surface area contributed by atoms with Crippen LogP contribution < -0.4 is 10.6 Å². The van der Waals surface area contributed by atoms with E-state index < -0.39 is 0 Å². The van der Waals surface area contributed by atoms with E-state index in [0.717, 1.165) is 11.3 Å². The van der Waals surface area contributed by atoms with E-state index in [1.807, 2.05) is 36.4 Å². The van der Waals surface area contributed by atoms with Crippen molar-refractivity contribution in [2.45, 2.75) is 26.1 Å². The van der Waals surface area contributed by atoms with Crippen LogP contribution >= 0.6 is 11.8 Å². The highest BCUT2D eigenvalue weighted by Gasteiger charge is 2.13. The van der Waals surface area contributed by atoms with E-state index in [9.17, 15) is 9.59 Å². The third-order valence-electron chi connectivity index (χ3n) is 4.53. The molecule has 154 valence electrons. The van der Waals surface area contributed by atoms with Gasteiger partial charge >= 0.3 is 0 Å². The second kappa shape index (κ2) is 10.6. The average Bonchev–Trinajstić information content (AvgIpc) is 2.72. The van der Waals surface area contributed by atoms with Crippen molar-refractivity contribution in [3.8, 4) is 0 Å². The molecule has 3 aromatic rings. The molecule has 0 saturated heterocycles. The number of benzene rings is 3. The highest BCUT2D eigenvalue weighted by atomic mass is 32.2. The minimum Gasteiger partial charge on any atom is -0.348 e. The molecular weight excluding hydrogens is 392 g/mol. The van der Waals surface area contributed by atoms with Crippen LogP contribution in [0.5, 0.6) is 0 Å². The Morgan fingerprint density at radius 1 is 0.833 bits per heavy atom. The summed E-state index contributed by atoms with van der Waals surface area (Å²) in [7, 11) is 0. The molecule has 0 aliphatic carbocycles. The number of carbonyl (C=O) groups is 2. The molecule has 3 aromatic carbocycles. The molecule has 30 heavy (non-hydrogen) atoms. The first-order chi connectivity index (χ1) is 14.5. The Morgan fingerprint density at radius 3 is 2.23 bits per heavy atom. The van der Waals surface area contributed by atoms with Crippen molar-refractivity contribution >= 4 is 29.3 Å². The van der Waals surface area contributed by atoms with Gasteiger partial charge in [0.25, 0.3) is 5.91 Å². The summed E-state index contributed by atoms with van der Waals surface area (Å²) < 4.78 is 0. The predicted molar refractivity (Wildman–Crippen MR) is 125 cm³/mol. The normalized spacial score (nSPS) is 10.5. The number of nitrogens with one attached hydrogen (secondary N) is 2. The van der Waals surface area contributed by atoms with Crippen molar-refractivity contribution < 1.29 is 9.59 Å². The zero-order valence-electron chi connectivity index (χ0n) is 17.3. The summed E-state index contributed by atoms with van der Waals surface area (Å²) in [6.07, 6.45) is 0. The summed E-state index contributed by atoms with van der Waals surface area (Å²) in [4.78, 5) is 25.0. The van der Waals surface area contributed by atoms with Gasteiger partial charge < -0.3 is 10.6 Å². The summed E-state index contributed by atoms with van der Waals surface area (Å²) in [5.74, 6) is 0.771. The number of amides is 2. The van der Waals surface area contributed by atoms with Crippen LogP contribution in [0.3, 0.4) is 0 Å². The smallest absolute Gasteiger partial charge is 0.253 e. The largest absolute Gasteiger partial charge is 0.348 e. The molecule has 0 fully saturated rings. The van der Waals surface area contributed by atoms with Crippen molar-refractivity contribution in [1.29, 1.82) is 0 Å². The standard InChI is InChI=1S/C25H26N2O2S/c1-18-12-19(2)14-21(13-18)16-30-17-24(28)27-23-11-7-6-10-22(23)25(29)26-15-20-8-4-3-5-9-20/h3-14H,15-17H2,1-2H3,(H,26,29)(H,27,28). The molecule has 0 heterocycles. The highest BCUT2D eigenvalue weighted by Crippen LogP contribution is 2.18. The van der Waals surface area contributed by atoms with Crippen molar-refractivity contribution in [1.82, 2.24) is 5.32 Å². The van der Waals surface area contributed by atoms with Gasteiger partial charge in [-0.1, -0.05) is 71.8 Å². The van der Waals surface area contributed by atoms with Crippen LogP contribution in [-0.2, 0) is 17.1 Å². The topological polar surface area (TPSA) is 58.2 Å². The molecule has 0 aliphatic heterocycles. The van der Waals surface area contributed by atoms with Crippen molar-refractivity contribution in [2.24, 2.45) is 0 Å². The fraction of sp³-hybridized carbons (Fsp3) is 0.200. The fourth-order valence-corrected chi connectivity index (χ4v) is 4.03. The maximum absolute atomic E-state index is 12.6. The van der Waals surface area contributed by atoms with Gasteiger partial charge in [0.2, 0.25) is 5.91 Å². The lowest BCUT2D eigenvalue weighted by Crippen LogP contribution is -2.25. The second-order valence-electron chi connectivity index (χ2n) is 7.25. The molecule has 0 saturated carbocycles. The molecule has 0 aliphatic rings. The van der Waals surface area contributed by atoms with Crippen LogP contribution in [0.2, 0.25) is 0 Å². The van der Waals surface area contributed by atoms with Gasteiger partial charge in [0.15, 0.2) is 0 Å². The number of rotatable bonds is 8. The number of hydrogen-bond acceptors (Lipinski definition) is 3. The summed E-state index contributed by atoms with van der Waals surface area (Å²) in [5.41, 5.74) is 5.68. The quantitative estimate of drug-likeness (QED) is 0.535. The van der Waals surface area contributed by atoms with Crippen LogP contribution in [0, 0.1) is 13.8 Å². The Labute approximate surface area is 182 Å². The first kappa shape index (κ1) is 21.7. The predicted octanol–water partition coefficient (Wildman–Crippen LogP) is 5.11. The third-order valence-corrected chi connectivity index (χ3v) is 5.53.